The van der Waals surface area contributed by atoms with E-state index in [4.69, 9.17) is 0 Å². The van der Waals surface area contributed by atoms with E-state index < -0.39 is 0 Å². The van der Waals surface area contributed by atoms with E-state index in [0.717, 1.165) is 17.1 Å². The molecule has 0 N–H and O–H groups in total. The van der Waals surface area contributed by atoms with Crippen molar-refractivity contribution in [1.29, 1.82) is 0 Å². The zero-order valence-electron chi connectivity index (χ0n) is 31.0. The van der Waals surface area contributed by atoms with Crippen molar-refractivity contribution in [2.75, 3.05) is 4.90 Å². The van der Waals surface area contributed by atoms with Gasteiger partial charge in [0.05, 0.1) is 5.69 Å². The molecule has 2 aliphatic carbocycles. The predicted octanol–water partition coefficient (Wildman–Crippen LogP) is 14.5. The average molecular weight is 694 g/mol. The molecule has 8 aromatic carbocycles. The third kappa shape index (κ3) is 5.38. The quantitative estimate of drug-likeness (QED) is 0.168. The summed E-state index contributed by atoms with van der Waals surface area (Å²) in [7, 11) is 0. The smallest absolute Gasteiger partial charge is 0.0540 e. The van der Waals surface area contributed by atoms with Gasteiger partial charge in [-0.1, -0.05) is 159 Å². The number of anilines is 3. The highest BCUT2D eigenvalue weighted by Crippen LogP contribution is 2.54. The lowest BCUT2D eigenvalue weighted by Crippen LogP contribution is -2.17. The summed E-state index contributed by atoms with van der Waals surface area (Å²) in [6.45, 7) is 4.77. The molecule has 54 heavy (non-hydrogen) atoms. The summed E-state index contributed by atoms with van der Waals surface area (Å²) >= 11 is 0. The van der Waals surface area contributed by atoms with Gasteiger partial charge in [-0.05, 0) is 128 Å². The first-order chi connectivity index (χ1) is 26.5. The van der Waals surface area contributed by atoms with E-state index in [-0.39, 0.29) is 5.41 Å². The van der Waals surface area contributed by atoms with E-state index in [1.165, 1.54) is 103 Å². The maximum absolute atomic E-state index is 2.48. The Hall–Kier alpha value is -6.18. The van der Waals surface area contributed by atoms with Crippen LogP contribution in [0.4, 0.5) is 17.1 Å². The van der Waals surface area contributed by atoms with Crippen molar-refractivity contribution in [3.63, 3.8) is 0 Å². The fourth-order valence-electron chi connectivity index (χ4n) is 9.27. The van der Waals surface area contributed by atoms with E-state index in [2.05, 4.69) is 195 Å². The zero-order chi connectivity index (χ0) is 36.2. The van der Waals surface area contributed by atoms with Gasteiger partial charge in [0.2, 0.25) is 0 Å². The predicted molar refractivity (Wildman–Crippen MR) is 229 cm³/mol. The number of rotatable bonds is 6. The van der Waals surface area contributed by atoms with E-state index in [1.54, 1.807) is 0 Å². The van der Waals surface area contributed by atoms with Crippen LogP contribution in [0.15, 0.2) is 176 Å². The van der Waals surface area contributed by atoms with Gasteiger partial charge in [-0.2, -0.15) is 0 Å². The normalized spacial score (nSPS) is 14.0. The minimum absolute atomic E-state index is 0.164. The van der Waals surface area contributed by atoms with Crippen molar-refractivity contribution >= 4 is 27.8 Å². The van der Waals surface area contributed by atoms with Crippen LogP contribution in [0.3, 0.4) is 0 Å². The molecule has 0 saturated heterocycles. The third-order valence-corrected chi connectivity index (χ3v) is 12.1. The summed E-state index contributed by atoms with van der Waals surface area (Å²) in [6, 6.07) is 65.5. The Morgan fingerprint density at radius 3 is 1.96 bits per heavy atom. The number of para-hydroxylation sites is 1. The molecular weight excluding hydrogens is 651 g/mol. The second kappa shape index (κ2) is 13.0. The lowest BCUT2D eigenvalue weighted by Gasteiger charge is -2.30. The standard InChI is InChI=1S/C53H43N/c1-53(2)49-24-13-22-45(39-15-4-3-5-16-39)52(49)48-33-32-43(35-50(48)53)54(42-30-28-37(29-31-42)41-27-26-36-14-6-7-18-40(36)34-41)51-25-11-10-21-47(51)46-23-12-19-38-17-8-9-20-44(38)46/h3-5,8-13,15-17,19-35H,6-7,14,18H2,1-2H3. The SMILES string of the molecule is CC1(C)c2cc(N(c3ccc(-c4ccc5c(c4)CCCC5)cc3)c3ccccc3-c3cccc4ccccc34)ccc2-c2c(-c3ccccc3)cccc21. The van der Waals surface area contributed by atoms with Gasteiger partial charge in [0.1, 0.15) is 0 Å². The highest BCUT2D eigenvalue weighted by molar-refractivity contribution is 6.02. The number of aryl methyl sites for hydroxylation is 2. The third-order valence-electron chi connectivity index (χ3n) is 12.1. The first kappa shape index (κ1) is 32.5. The maximum Gasteiger partial charge on any atom is 0.0540 e. The molecule has 1 nitrogen and oxygen atoms in total. The first-order valence-electron chi connectivity index (χ1n) is 19.5. The van der Waals surface area contributed by atoms with Crippen LogP contribution in [0.25, 0.3) is 55.3 Å². The number of nitrogens with zero attached hydrogens (tertiary/aromatic N) is 1. The van der Waals surface area contributed by atoms with Gasteiger partial charge in [0.25, 0.3) is 0 Å². The summed E-state index contributed by atoms with van der Waals surface area (Å²) in [5.41, 5.74) is 19.3. The van der Waals surface area contributed by atoms with Gasteiger partial charge in [0, 0.05) is 22.4 Å². The Morgan fingerprint density at radius 1 is 0.426 bits per heavy atom. The van der Waals surface area contributed by atoms with Crippen molar-refractivity contribution in [3.8, 4) is 44.5 Å². The summed E-state index contributed by atoms with van der Waals surface area (Å²) in [4.78, 5) is 2.48. The number of hydrogen-bond donors (Lipinski definition) is 0. The molecule has 1 heteroatoms. The van der Waals surface area contributed by atoms with Crippen molar-refractivity contribution in [2.24, 2.45) is 0 Å². The molecule has 0 heterocycles. The molecule has 0 amide bonds. The Kier molecular flexibility index (Phi) is 7.84. The van der Waals surface area contributed by atoms with E-state index in [9.17, 15) is 0 Å². The summed E-state index contributed by atoms with van der Waals surface area (Å²) < 4.78 is 0. The molecule has 2 aliphatic rings. The fraction of sp³-hybridized carbons (Fsp3) is 0.132. The largest absolute Gasteiger partial charge is 0.310 e. The van der Waals surface area contributed by atoms with Crippen molar-refractivity contribution < 1.29 is 0 Å². The number of hydrogen-bond acceptors (Lipinski definition) is 1. The lowest BCUT2D eigenvalue weighted by molar-refractivity contribution is 0.660. The van der Waals surface area contributed by atoms with Crippen molar-refractivity contribution in [2.45, 2.75) is 44.9 Å². The van der Waals surface area contributed by atoms with Gasteiger partial charge in [0.15, 0.2) is 0 Å². The molecule has 0 fully saturated rings. The Balaban J connectivity index is 1.15. The second-order valence-corrected chi connectivity index (χ2v) is 15.6. The van der Waals surface area contributed by atoms with Crippen LogP contribution in [-0.2, 0) is 18.3 Å². The Morgan fingerprint density at radius 2 is 1.09 bits per heavy atom. The van der Waals surface area contributed by atoms with Gasteiger partial charge in [-0.15, -0.1) is 0 Å². The van der Waals surface area contributed by atoms with Gasteiger partial charge in [-0.25, -0.2) is 0 Å². The van der Waals surface area contributed by atoms with Gasteiger partial charge >= 0.3 is 0 Å². The molecule has 0 unspecified atom stereocenters. The van der Waals surface area contributed by atoms with E-state index in [0.29, 0.717) is 0 Å². The number of benzene rings is 8. The topological polar surface area (TPSA) is 3.24 Å². The summed E-state index contributed by atoms with van der Waals surface area (Å²) in [5, 5.41) is 2.51. The molecular formula is C53H43N. The van der Waals surface area contributed by atoms with E-state index >= 15 is 0 Å². The van der Waals surface area contributed by atoms with Crippen molar-refractivity contribution in [1.82, 2.24) is 0 Å². The van der Waals surface area contributed by atoms with Crippen LogP contribution in [0.5, 0.6) is 0 Å². The van der Waals surface area contributed by atoms with Crippen LogP contribution in [0.1, 0.15) is 48.9 Å². The van der Waals surface area contributed by atoms with Crippen LogP contribution in [0.2, 0.25) is 0 Å². The fourth-order valence-corrected chi connectivity index (χ4v) is 9.27. The van der Waals surface area contributed by atoms with Crippen LogP contribution >= 0.6 is 0 Å². The number of fused-ring (bicyclic) bond motifs is 5. The molecule has 0 saturated carbocycles. The summed E-state index contributed by atoms with van der Waals surface area (Å²) in [6.07, 6.45) is 4.98. The molecule has 0 spiro atoms. The average Bonchev–Trinajstić information content (AvgIpc) is 3.47. The Labute approximate surface area is 319 Å². The first-order valence-corrected chi connectivity index (χ1v) is 19.5. The van der Waals surface area contributed by atoms with Gasteiger partial charge in [-0.3, -0.25) is 0 Å². The highest BCUT2D eigenvalue weighted by atomic mass is 15.1. The van der Waals surface area contributed by atoms with Crippen LogP contribution in [0, 0.1) is 0 Å². The molecule has 0 aliphatic heterocycles. The van der Waals surface area contributed by atoms with Crippen LogP contribution in [-0.4, -0.2) is 0 Å². The molecule has 0 bridgehead atoms. The molecule has 0 radical (unpaired) electrons. The highest BCUT2D eigenvalue weighted by Gasteiger charge is 2.37. The monoisotopic (exact) mass is 693 g/mol. The zero-order valence-corrected chi connectivity index (χ0v) is 31.0. The molecule has 260 valence electrons. The molecule has 10 rings (SSSR count). The Bertz CT molecular complexity index is 2680. The van der Waals surface area contributed by atoms with Crippen LogP contribution < -0.4 is 4.90 Å². The minimum Gasteiger partial charge on any atom is -0.310 e. The molecule has 0 aromatic heterocycles. The van der Waals surface area contributed by atoms with E-state index in [1.807, 2.05) is 0 Å². The lowest BCUT2D eigenvalue weighted by atomic mass is 9.81. The molecule has 0 atom stereocenters. The van der Waals surface area contributed by atoms with Gasteiger partial charge < -0.3 is 4.90 Å². The summed E-state index contributed by atoms with van der Waals surface area (Å²) in [5.74, 6) is 0. The van der Waals surface area contributed by atoms with Crippen molar-refractivity contribution in [3.05, 3.63) is 198 Å². The molecule has 8 aromatic rings. The minimum atomic E-state index is -0.164. The maximum atomic E-state index is 2.48. The second-order valence-electron chi connectivity index (χ2n) is 15.6.